The van der Waals surface area contributed by atoms with Crippen LogP contribution in [0.25, 0.3) is 0 Å². The van der Waals surface area contributed by atoms with Gasteiger partial charge in [-0.1, -0.05) is 0 Å². The van der Waals surface area contributed by atoms with E-state index in [0.29, 0.717) is 12.6 Å². The zero-order chi connectivity index (χ0) is 14.0. The van der Waals surface area contributed by atoms with Crippen molar-refractivity contribution in [3.8, 4) is 0 Å². The van der Waals surface area contributed by atoms with Crippen molar-refractivity contribution in [3.63, 3.8) is 0 Å². The van der Waals surface area contributed by atoms with Crippen molar-refractivity contribution in [2.45, 2.75) is 49.9 Å². The number of piperidine rings is 1. The van der Waals surface area contributed by atoms with Gasteiger partial charge in [0.05, 0.1) is 5.25 Å². The normalized spacial score (nSPS) is 24.8. The summed E-state index contributed by atoms with van der Waals surface area (Å²) in [6.45, 7) is 4.36. The molecule has 0 aromatic rings. The minimum atomic E-state index is -3.17. The lowest BCUT2D eigenvalue weighted by Crippen LogP contribution is -2.48. The van der Waals surface area contributed by atoms with Crippen LogP contribution in [0.3, 0.4) is 0 Å². The SMILES string of the molecule is CC(CNC1CC1)S(=O)(=O)N(C)C1CCN(C)CC1. The molecular formula is C13H27N3O2S. The molecule has 1 saturated carbocycles. The first-order valence-electron chi connectivity index (χ1n) is 7.30. The van der Waals surface area contributed by atoms with E-state index in [9.17, 15) is 8.42 Å². The predicted octanol–water partition coefficient (Wildman–Crippen LogP) is 0.483. The monoisotopic (exact) mass is 289 g/mol. The Kier molecular flexibility index (Phi) is 4.87. The Labute approximate surface area is 117 Å². The summed E-state index contributed by atoms with van der Waals surface area (Å²) in [5.41, 5.74) is 0. The molecule has 1 atom stereocenters. The lowest BCUT2D eigenvalue weighted by atomic mass is 10.1. The molecule has 1 aliphatic heterocycles. The fraction of sp³-hybridized carbons (Fsp3) is 1.00. The zero-order valence-electron chi connectivity index (χ0n) is 12.3. The predicted molar refractivity (Wildman–Crippen MR) is 77.7 cm³/mol. The summed E-state index contributed by atoms with van der Waals surface area (Å²) in [4.78, 5) is 2.26. The molecule has 6 heteroatoms. The van der Waals surface area contributed by atoms with Crippen molar-refractivity contribution in [1.29, 1.82) is 0 Å². The highest BCUT2D eigenvalue weighted by atomic mass is 32.2. The Hall–Kier alpha value is -0.170. The Morgan fingerprint density at radius 2 is 1.84 bits per heavy atom. The molecule has 2 fully saturated rings. The summed E-state index contributed by atoms with van der Waals surface area (Å²) >= 11 is 0. The van der Waals surface area contributed by atoms with Gasteiger partial charge < -0.3 is 10.2 Å². The maximum absolute atomic E-state index is 12.5. The van der Waals surface area contributed by atoms with E-state index in [1.807, 2.05) is 6.92 Å². The van der Waals surface area contributed by atoms with Crippen LogP contribution in [-0.2, 0) is 10.0 Å². The van der Waals surface area contributed by atoms with Crippen molar-refractivity contribution in [2.75, 3.05) is 33.7 Å². The van der Waals surface area contributed by atoms with Crippen molar-refractivity contribution >= 4 is 10.0 Å². The van der Waals surface area contributed by atoms with Gasteiger partial charge >= 0.3 is 0 Å². The summed E-state index contributed by atoms with van der Waals surface area (Å²) in [6.07, 6.45) is 4.26. The van der Waals surface area contributed by atoms with Gasteiger partial charge in [-0.15, -0.1) is 0 Å². The molecule has 0 radical (unpaired) electrons. The molecule has 0 aromatic carbocycles. The number of hydrogen-bond donors (Lipinski definition) is 1. The van der Waals surface area contributed by atoms with Gasteiger partial charge in [0.1, 0.15) is 0 Å². The van der Waals surface area contributed by atoms with Gasteiger partial charge in [-0.2, -0.15) is 0 Å². The minimum Gasteiger partial charge on any atom is -0.313 e. The molecule has 2 aliphatic rings. The number of hydrogen-bond acceptors (Lipinski definition) is 4. The largest absolute Gasteiger partial charge is 0.313 e. The Balaban J connectivity index is 1.89. The third-order valence-corrected chi connectivity index (χ3v) is 6.67. The van der Waals surface area contributed by atoms with E-state index < -0.39 is 10.0 Å². The third-order valence-electron chi connectivity index (χ3n) is 4.38. The number of nitrogens with zero attached hydrogens (tertiary/aromatic N) is 2. The highest BCUT2D eigenvalue weighted by Gasteiger charge is 2.33. The number of sulfonamides is 1. The van der Waals surface area contributed by atoms with Crippen molar-refractivity contribution < 1.29 is 8.42 Å². The van der Waals surface area contributed by atoms with Crippen molar-refractivity contribution in [3.05, 3.63) is 0 Å². The molecule has 0 amide bonds. The average Bonchev–Trinajstić information content (AvgIpc) is 3.20. The minimum absolute atomic E-state index is 0.171. The first-order chi connectivity index (χ1) is 8.91. The van der Waals surface area contributed by atoms with E-state index in [1.165, 1.54) is 12.8 Å². The van der Waals surface area contributed by atoms with Crippen molar-refractivity contribution in [1.82, 2.24) is 14.5 Å². The summed E-state index contributed by atoms with van der Waals surface area (Å²) < 4.78 is 26.7. The van der Waals surface area contributed by atoms with E-state index in [0.717, 1.165) is 25.9 Å². The van der Waals surface area contributed by atoms with Crippen LogP contribution in [0.1, 0.15) is 32.6 Å². The van der Waals surface area contributed by atoms with Gasteiger partial charge in [-0.25, -0.2) is 12.7 Å². The van der Waals surface area contributed by atoms with Crippen LogP contribution in [-0.4, -0.2) is 68.7 Å². The second kappa shape index (κ2) is 6.08. The van der Waals surface area contributed by atoms with Gasteiger partial charge in [0, 0.05) is 25.7 Å². The molecule has 1 saturated heterocycles. The van der Waals surface area contributed by atoms with Crippen LogP contribution in [0.5, 0.6) is 0 Å². The molecule has 0 aromatic heterocycles. The van der Waals surface area contributed by atoms with E-state index in [2.05, 4.69) is 17.3 Å². The second-order valence-corrected chi connectivity index (χ2v) is 8.50. The van der Waals surface area contributed by atoms with Crippen LogP contribution >= 0.6 is 0 Å². The molecular weight excluding hydrogens is 262 g/mol. The van der Waals surface area contributed by atoms with E-state index in [1.54, 1.807) is 11.4 Å². The molecule has 19 heavy (non-hydrogen) atoms. The van der Waals surface area contributed by atoms with Gasteiger partial charge in [-0.05, 0) is 52.7 Å². The van der Waals surface area contributed by atoms with Crippen LogP contribution < -0.4 is 5.32 Å². The molecule has 0 spiro atoms. The highest BCUT2D eigenvalue weighted by molar-refractivity contribution is 7.89. The Bertz CT molecular complexity index is 387. The van der Waals surface area contributed by atoms with Crippen LogP contribution in [0.15, 0.2) is 0 Å². The summed E-state index contributed by atoms with van der Waals surface area (Å²) in [5, 5.41) is 2.98. The van der Waals surface area contributed by atoms with Crippen molar-refractivity contribution in [2.24, 2.45) is 0 Å². The summed E-state index contributed by atoms with van der Waals surface area (Å²) in [7, 11) is 0.667. The van der Waals surface area contributed by atoms with Gasteiger partial charge in [0.15, 0.2) is 0 Å². The van der Waals surface area contributed by atoms with Crippen LogP contribution in [0, 0.1) is 0 Å². The van der Waals surface area contributed by atoms with E-state index in [4.69, 9.17) is 0 Å². The summed E-state index contributed by atoms with van der Waals surface area (Å²) in [6, 6.07) is 0.732. The first kappa shape index (κ1) is 15.2. The molecule has 2 rings (SSSR count). The quantitative estimate of drug-likeness (QED) is 0.773. The third kappa shape index (κ3) is 3.90. The molecule has 1 unspecified atom stereocenters. The molecule has 1 aliphatic carbocycles. The smallest absolute Gasteiger partial charge is 0.217 e. The standard InChI is InChI=1S/C13H27N3O2S/c1-11(10-14-12-4-5-12)19(17,18)16(3)13-6-8-15(2)9-7-13/h11-14H,4-10H2,1-3H3. The van der Waals surface area contributed by atoms with Crippen LogP contribution in [0.4, 0.5) is 0 Å². The number of rotatable bonds is 6. The zero-order valence-corrected chi connectivity index (χ0v) is 13.1. The second-order valence-electron chi connectivity index (χ2n) is 6.09. The maximum Gasteiger partial charge on any atom is 0.217 e. The highest BCUT2D eigenvalue weighted by Crippen LogP contribution is 2.21. The molecule has 1 heterocycles. The molecule has 0 bridgehead atoms. The number of nitrogens with one attached hydrogen (secondary N) is 1. The van der Waals surface area contributed by atoms with E-state index >= 15 is 0 Å². The first-order valence-corrected chi connectivity index (χ1v) is 8.80. The molecule has 5 nitrogen and oxygen atoms in total. The van der Waals surface area contributed by atoms with Crippen LogP contribution in [0.2, 0.25) is 0 Å². The van der Waals surface area contributed by atoms with E-state index in [-0.39, 0.29) is 11.3 Å². The van der Waals surface area contributed by atoms with Gasteiger partial charge in [0.2, 0.25) is 10.0 Å². The maximum atomic E-state index is 12.5. The average molecular weight is 289 g/mol. The summed E-state index contributed by atoms with van der Waals surface area (Å²) in [5.74, 6) is 0. The van der Waals surface area contributed by atoms with Gasteiger partial charge in [-0.3, -0.25) is 0 Å². The van der Waals surface area contributed by atoms with Gasteiger partial charge in [0.25, 0.3) is 0 Å². The lowest BCUT2D eigenvalue weighted by Gasteiger charge is -2.35. The molecule has 112 valence electrons. The fourth-order valence-corrected chi connectivity index (χ4v) is 4.08. The molecule has 1 N–H and O–H groups in total. The fourth-order valence-electron chi connectivity index (χ4n) is 2.58. The lowest BCUT2D eigenvalue weighted by molar-refractivity contribution is 0.197. The number of likely N-dealkylation sites (tertiary alicyclic amines) is 1. The topological polar surface area (TPSA) is 52.7 Å². The Morgan fingerprint density at radius 3 is 2.37 bits per heavy atom. The Morgan fingerprint density at radius 1 is 1.26 bits per heavy atom.